The second-order valence-corrected chi connectivity index (χ2v) is 5.64. The molecule has 0 fully saturated rings. The van der Waals surface area contributed by atoms with E-state index in [0.717, 1.165) is 49.4 Å². The standard InChI is InChI=1S/C19H32O3/c1-7-15(11-10-12-20-5)17-13-16(8-2)18(21-6)14(4)19(17)22-9-3/h13,15H,7-12H2,1-6H3. The highest BCUT2D eigenvalue weighted by Gasteiger charge is 2.21. The lowest BCUT2D eigenvalue weighted by molar-refractivity contribution is 0.190. The first kappa shape index (κ1) is 18.8. The summed E-state index contributed by atoms with van der Waals surface area (Å²) in [7, 11) is 3.51. The van der Waals surface area contributed by atoms with Crippen LogP contribution < -0.4 is 9.47 Å². The number of aryl methyl sites for hydroxylation is 1. The molecule has 0 radical (unpaired) electrons. The van der Waals surface area contributed by atoms with E-state index in [1.54, 1.807) is 14.2 Å². The second-order valence-electron chi connectivity index (χ2n) is 5.64. The van der Waals surface area contributed by atoms with E-state index in [2.05, 4.69) is 26.8 Å². The van der Waals surface area contributed by atoms with E-state index in [4.69, 9.17) is 14.2 Å². The van der Waals surface area contributed by atoms with Crippen molar-refractivity contribution in [1.82, 2.24) is 0 Å². The van der Waals surface area contributed by atoms with Gasteiger partial charge in [0.2, 0.25) is 0 Å². The van der Waals surface area contributed by atoms with Crippen molar-refractivity contribution in [2.45, 2.75) is 59.3 Å². The minimum absolute atomic E-state index is 0.506. The van der Waals surface area contributed by atoms with Gasteiger partial charge in [0.05, 0.1) is 13.7 Å². The average Bonchev–Trinajstić information content (AvgIpc) is 2.53. The summed E-state index contributed by atoms with van der Waals surface area (Å²) in [6.07, 6.45) is 4.28. The molecule has 0 N–H and O–H groups in total. The predicted octanol–water partition coefficient (Wildman–Crippen LogP) is 4.88. The summed E-state index contributed by atoms with van der Waals surface area (Å²) < 4.78 is 16.8. The number of hydrogen-bond acceptors (Lipinski definition) is 3. The van der Waals surface area contributed by atoms with Gasteiger partial charge < -0.3 is 14.2 Å². The SMILES string of the molecule is CCOc1c(C(CC)CCCOC)cc(CC)c(OC)c1C. The fourth-order valence-electron chi connectivity index (χ4n) is 3.12. The van der Waals surface area contributed by atoms with Crippen molar-refractivity contribution in [3.05, 3.63) is 22.8 Å². The molecule has 22 heavy (non-hydrogen) atoms. The van der Waals surface area contributed by atoms with Gasteiger partial charge in [0.1, 0.15) is 11.5 Å². The number of ether oxygens (including phenoxy) is 3. The van der Waals surface area contributed by atoms with Gasteiger partial charge in [-0.3, -0.25) is 0 Å². The van der Waals surface area contributed by atoms with E-state index in [0.29, 0.717) is 12.5 Å². The number of benzene rings is 1. The van der Waals surface area contributed by atoms with Crippen LogP contribution >= 0.6 is 0 Å². The first-order chi connectivity index (χ1) is 10.6. The zero-order valence-electron chi connectivity index (χ0n) is 15.1. The van der Waals surface area contributed by atoms with Gasteiger partial charge in [0.15, 0.2) is 0 Å². The van der Waals surface area contributed by atoms with Crippen molar-refractivity contribution in [2.24, 2.45) is 0 Å². The molecule has 3 nitrogen and oxygen atoms in total. The molecule has 1 unspecified atom stereocenters. The van der Waals surface area contributed by atoms with E-state index in [1.165, 1.54) is 11.1 Å². The zero-order chi connectivity index (χ0) is 16.5. The smallest absolute Gasteiger partial charge is 0.129 e. The molecule has 0 spiro atoms. The quantitative estimate of drug-likeness (QED) is 0.576. The lowest BCUT2D eigenvalue weighted by atomic mass is 9.87. The number of rotatable bonds is 10. The Hall–Kier alpha value is -1.22. The maximum absolute atomic E-state index is 5.99. The van der Waals surface area contributed by atoms with Gasteiger partial charge in [-0.05, 0) is 62.6 Å². The van der Waals surface area contributed by atoms with Gasteiger partial charge in [-0.25, -0.2) is 0 Å². The third kappa shape index (κ3) is 4.39. The summed E-state index contributed by atoms with van der Waals surface area (Å²) >= 11 is 0. The monoisotopic (exact) mass is 308 g/mol. The fraction of sp³-hybridized carbons (Fsp3) is 0.684. The Kier molecular flexibility index (Phi) is 8.32. The highest BCUT2D eigenvalue weighted by molar-refractivity contribution is 5.55. The summed E-state index contributed by atoms with van der Waals surface area (Å²) in [6.45, 7) is 10.1. The van der Waals surface area contributed by atoms with Crippen LogP contribution in [0.2, 0.25) is 0 Å². The van der Waals surface area contributed by atoms with Crippen molar-refractivity contribution >= 4 is 0 Å². The molecular formula is C19H32O3. The van der Waals surface area contributed by atoms with Crippen LogP contribution in [0.25, 0.3) is 0 Å². The van der Waals surface area contributed by atoms with Crippen molar-refractivity contribution in [3.63, 3.8) is 0 Å². The van der Waals surface area contributed by atoms with E-state index >= 15 is 0 Å². The summed E-state index contributed by atoms with van der Waals surface area (Å²) in [6, 6.07) is 2.29. The zero-order valence-corrected chi connectivity index (χ0v) is 15.1. The van der Waals surface area contributed by atoms with Gasteiger partial charge in [-0.2, -0.15) is 0 Å². The lowest BCUT2D eigenvalue weighted by Gasteiger charge is -2.24. The lowest BCUT2D eigenvalue weighted by Crippen LogP contribution is -2.08. The Balaban J connectivity index is 3.26. The summed E-state index contributed by atoms with van der Waals surface area (Å²) in [5.41, 5.74) is 3.73. The number of methoxy groups -OCH3 is 2. The highest BCUT2D eigenvalue weighted by atomic mass is 16.5. The van der Waals surface area contributed by atoms with Crippen LogP contribution in [-0.2, 0) is 11.2 Å². The Labute approximate surface area is 136 Å². The summed E-state index contributed by atoms with van der Waals surface area (Å²) in [5.74, 6) is 2.49. The largest absolute Gasteiger partial charge is 0.496 e. The van der Waals surface area contributed by atoms with Crippen LogP contribution in [0.3, 0.4) is 0 Å². The molecule has 126 valence electrons. The van der Waals surface area contributed by atoms with Crippen LogP contribution in [-0.4, -0.2) is 27.4 Å². The van der Waals surface area contributed by atoms with E-state index in [1.807, 2.05) is 6.92 Å². The molecule has 0 aromatic heterocycles. The molecular weight excluding hydrogens is 276 g/mol. The Morgan fingerprint density at radius 2 is 1.82 bits per heavy atom. The molecule has 0 aliphatic heterocycles. The Morgan fingerprint density at radius 1 is 1.09 bits per heavy atom. The molecule has 0 aliphatic carbocycles. The van der Waals surface area contributed by atoms with Crippen LogP contribution in [0, 0.1) is 6.92 Å². The Bertz CT molecular complexity index is 454. The topological polar surface area (TPSA) is 27.7 Å². The van der Waals surface area contributed by atoms with Crippen LogP contribution in [0.5, 0.6) is 11.5 Å². The molecule has 0 saturated heterocycles. The van der Waals surface area contributed by atoms with Crippen molar-refractivity contribution in [3.8, 4) is 11.5 Å². The summed E-state index contributed by atoms with van der Waals surface area (Å²) in [5, 5.41) is 0. The molecule has 1 atom stereocenters. The van der Waals surface area contributed by atoms with Crippen molar-refractivity contribution in [2.75, 3.05) is 27.4 Å². The van der Waals surface area contributed by atoms with Gasteiger partial charge >= 0.3 is 0 Å². The summed E-state index contributed by atoms with van der Waals surface area (Å²) in [4.78, 5) is 0. The van der Waals surface area contributed by atoms with E-state index < -0.39 is 0 Å². The van der Waals surface area contributed by atoms with Gasteiger partial charge in [0, 0.05) is 19.3 Å². The molecule has 1 rings (SSSR count). The molecule has 0 heterocycles. The molecule has 0 saturated carbocycles. The molecule has 1 aromatic rings. The third-order valence-corrected chi connectivity index (χ3v) is 4.27. The minimum Gasteiger partial charge on any atom is -0.496 e. The van der Waals surface area contributed by atoms with Gasteiger partial charge in [0.25, 0.3) is 0 Å². The average molecular weight is 308 g/mol. The maximum atomic E-state index is 5.99. The van der Waals surface area contributed by atoms with Gasteiger partial charge in [-0.15, -0.1) is 0 Å². The van der Waals surface area contributed by atoms with Gasteiger partial charge in [-0.1, -0.05) is 13.8 Å². The first-order valence-corrected chi connectivity index (χ1v) is 8.46. The van der Waals surface area contributed by atoms with Crippen LogP contribution in [0.15, 0.2) is 6.07 Å². The van der Waals surface area contributed by atoms with Crippen LogP contribution in [0.4, 0.5) is 0 Å². The molecule has 1 aromatic carbocycles. The normalized spacial score (nSPS) is 12.3. The van der Waals surface area contributed by atoms with E-state index in [9.17, 15) is 0 Å². The minimum atomic E-state index is 0.506. The van der Waals surface area contributed by atoms with Crippen molar-refractivity contribution in [1.29, 1.82) is 0 Å². The van der Waals surface area contributed by atoms with E-state index in [-0.39, 0.29) is 0 Å². The number of hydrogen-bond donors (Lipinski definition) is 0. The molecule has 3 heteroatoms. The second kappa shape index (κ2) is 9.73. The first-order valence-electron chi connectivity index (χ1n) is 8.46. The molecule has 0 bridgehead atoms. The highest BCUT2D eigenvalue weighted by Crippen LogP contribution is 2.41. The van der Waals surface area contributed by atoms with Crippen LogP contribution in [0.1, 0.15) is 62.6 Å². The molecule has 0 amide bonds. The van der Waals surface area contributed by atoms with Crippen molar-refractivity contribution < 1.29 is 14.2 Å². The predicted molar refractivity (Wildman–Crippen MR) is 92.4 cm³/mol. The third-order valence-electron chi connectivity index (χ3n) is 4.27. The molecule has 0 aliphatic rings. The Morgan fingerprint density at radius 3 is 2.32 bits per heavy atom. The fourth-order valence-corrected chi connectivity index (χ4v) is 3.12. The maximum Gasteiger partial charge on any atom is 0.129 e.